The Hall–Kier alpha value is -1.61. The molecule has 6 nitrogen and oxygen atoms in total. The Balaban J connectivity index is 1.40. The Morgan fingerprint density at radius 3 is 2.53 bits per heavy atom. The Labute approximate surface area is 190 Å². The maximum Gasteiger partial charge on any atom is 0.223 e. The predicted molar refractivity (Wildman–Crippen MR) is 121 cm³/mol. The van der Waals surface area contributed by atoms with Crippen molar-refractivity contribution in [2.45, 2.75) is 18.6 Å². The van der Waals surface area contributed by atoms with E-state index >= 15 is 0 Å². The van der Waals surface area contributed by atoms with Gasteiger partial charge in [-0.1, -0.05) is 39.7 Å². The summed E-state index contributed by atoms with van der Waals surface area (Å²) in [5.74, 6) is 0.417. The van der Waals surface area contributed by atoms with E-state index in [-0.39, 0.29) is 17.6 Å². The van der Waals surface area contributed by atoms with Crippen LogP contribution in [0.25, 0.3) is 0 Å². The van der Waals surface area contributed by atoms with Gasteiger partial charge in [0.15, 0.2) is 0 Å². The Morgan fingerprint density at radius 2 is 1.87 bits per heavy atom. The normalized spacial score (nSPS) is 15.7. The number of hydrogen-bond acceptors (Lipinski definition) is 4. The molecule has 0 spiro atoms. The molecule has 30 heavy (non-hydrogen) atoms. The van der Waals surface area contributed by atoms with Gasteiger partial charge in [-0.3, -0.25) is 4.79 Å². The molecule has 1 heterocycles. The molecule has 0 unspecified atom stereocenters. The fraction of sp³-hybridized carbons (Fsp3) is 0.381. The summed E-state index contributed by atoms with van der Waals surface area (Å²) in [6.07, 6.45) is 1.03. The van der Waals surface area contributed by atoms with E-state index in [0.717, 1.165) is 10.0 Å². The van der Waals surface area contributed by atoms with Gasteiger partial charge in [0.05, 0.1) is 12.3 Å². The van der Waals surface area contributed by atoms with Crippen LogP contribution in [0.4, 0.5) is 0 Å². The summed E-state index contributed by atoms with van der Waals surface area (Å²) in [6, 6.07) is 14.3. The van der Waals surface area contributed by atoms with Crippen LogP contribution in [0, 0.1) is 5.92 Å². The lowest BCUT2D eigenvalue weighted by Gasteiger charge is -2.30. The van der Waals surface area contributed by atoms with Gasteiger partial charge in [0.2, 0.25) is 15.9 Å². The van der Waals surface area contributed by atoms with Crippen LogP contribution in [0.5, 0.6) is 5.75 Å². The van der Waals surface area contributed by atoms with E-state index in [1.165, 1.54) is 4.31 Å². The van der Waals surface area contributed by atoms with Crippen LogP contribution in [0.3, 0.4) is 0 Å². The van der Waals surface area contributed by atoms with Crippen molar-refractivity contribution in [2.24, 2.45) is 5.92 Å². The van der Waals surface area contributed by atoms with Crippen LogP contribution in [0.2, 0.25) is 5.02 Å². The minimum atomic E-state index is -3.41. The third kappa shape index (κ3) is 6.70. The summed E-state index contributed by atoms with van der Waals surface area (Å²) in [7, 11) is -3.41. The van der Waals surface area contributed by atoms with Gasteiger partial charge >= 0.3 is 0 Å². The number of ether oxygens (including phenoxy) is 1. The van der Waals surface area contributed by atoms with Crippen molar-refractivity contribution < 1.29 is 17.9 Å². The summed E-state index contributed by atoms with van der Waals surface area (Å²) >= 11 is 9.19. The second-order valence-corrected chi connectivity index (χ2v) is 10.5. The highest BCUT2D eigenvalue weighted by Crippen LogP contribution is 2.23. The van der Waals surface area contributed by atoms with E-state index in [0.29, 0.717) is 49.9 Å². The minimum absolute atomic E-state index is 0.0364. The van der Waals surface area contributed by atoms with Crippen molar-refractivity contribution in [3.8, 4) is 5.75 Å². The first kappa shape index (κ1) is 23.1. The van der Waals surface area contributed by atoms with E-state index in [1.807, 2.05) is 18.2 Å². The molecule has 1 saturated heterocycles. The van der Waals surface area contributed by atoms with Gasteiger partial charge in [0.1, 0.15) is 12.4 Å². The van der Waals surface area contributed by atoms with Crippen LogP contribution in [-0.2, 0) is 20.6 Å². The lowest BCUT2D eigenvalue weighted by molar-refractivity contribution is -0.126. The van der Waals surface area contributed by atoms with Crippen molar-refractivity contribution in [3.63, 3.8) is 0 Å². The number of hydrogen-bond donors (Lipinski definition) is 1. The first-order chi connectivity index (χ1) is 14.3. The highest BCUT2D eigenvalue weighted by Gasteiger charge is 2.31. The van der Waals surface area contributed by atoms with E-state index < -0.39 is 10.0 Å². The molecule has 3 rings (SSSR count). The number of piperidine rings is 1. The average Bonchev–Trinajstić information content (AvgIpc) is 2.72. The molecule has 1 aliphatic heterocycles. The van der Waals surface area contributed by atoms with Gasteiger partial charge in [0.25, 0.3) is 0 Å². The average molecular weight is 516 g/mol. The Kier molecular flexibility index (Phi) is 8.16. The van der Waals surface area contributed by atoms with Gasteiger partial charge in [-0.25, -0.2) is 12.7 Å². The van der Waals surface area contributed by atoms with Crippen LogP contribution >= 0.6 is 27.5 Å². The molecular formula is C21H24BrClN2O4S. The molecule has 1 aliphatic rings. The molecule has 0 saturated carbocycles. The number of sulfonamides is 1. The maximum absolute atomic E-state index is 12.7. The zero-order valence-electron chi connectivity index (χ0n) is 16.4. The quantitative estimate of drug-likeness (QED) is 0.542. The summed E-state index contributed by atoms with van der Waals surface area (Å²) in [5.41, 5.74) is 0.741. The molecule has 0 bridgehead atoms. The second-order valence-electron chi connectivity index (χ2n) is 7.15. The van der Waals surface area contributed by atoms with Crippen molar-refractivity contribution in [1.82, 2.24) is 9.62 Å². The van der Waals surface area contributed by atoms with Crippen molar-refractivity contribution in [2.75, 3.05) is 26.2 Å². The summed E-state index contributed by atoms with van der Waals surface area (Å²) < 4.78 is 33.3. The highest BCUT2D eigenvalue weighted by atomic mass is 79.9. The van der Waals surface area contributed by atoms with Gasteiger partial charge in [-0.2, -0.15) is 0 Å². The number of carbonyl (C=O) groups excluding carboxylic acids is 1. The molecule has 162 valence electrons. The highest BCUT2D eigenvalue weighted by molar-refractivity contribution is 9.10. The first-order valence-corrected chi connectivity index (χ1v) is 12.5. The van der Waals surface area contributed by atoms with Gasteiger partial charge in [-0.05, 0) is 54.8 Å². The maximum atomic E-state index is 12.7. The van der Waals surface area contributed by atoms with E-state index in [9.17, 15) is 13.2 Å². The largest absolute Gasteiger partial charge is 0.492 e. The predicted octanol–water partition coefficient (Wildman–Crippen LogP) is 3.84. The fourth-order valence-electron chi connectivity index (χ4n) is 3.34. The minimum Gasteiger partial charge on any atom is -0.492 e. The van der Waals surface area contributed by atoms with Crippen molar-refractivity contribution in [1.29, 1.82) is 0 Å². The number of rotatable bonds is 8. The van der Waals surface area contributed by atoms with Crippen molar-refractivity contribution in [3.05, 3.63) is 63.6 Å². The number of nitrogens with one attached hydrogen (secondary N) is 1. The second kappa shape index (κ2) is 10.6. The smallest absolute Gasteiger partial charge is 0.223 e. The lowest BCUT2D eigenvalue weighted by atomic mass is 9.97. The molecular weight excluding hydrogens is 492 g/mol. The summed E-state index contributed by atoms with van der Waals surface area (Å²) in [6.45, 7) is 1.46. The molecule has 0 aliphatic carbocycles. The first-order valence-electron chi connectivity index (χ1n) is 9.72. The number of amides is 1. The van der Waals surface area contributed by atoms with Crippen LogP contribution in [0.15, 0.2) is 53.0 Å². The van der Waals surface area contributed by atoms with Gasteiger partial charge in [-0.15, -0.1) is 0 Å². The number of nitrogens with zero attached hydrogens (tertiary/aromatic N) is 1. The Bertz CT molecular complexity index is 961. The molecule has 2 aromatic carbocycles. The standard InChI is InChI=1S/C21H24BrClN2O4S/c22-18-3-1-2-16(14-18)15-30(27,28)25-11-8-17(9-12-25)21(26)24-10-13-29-20-6-4-19(23)5-7-20/h1-7,14,17H,8-13,15H2,(H,24,26). The summed E-state index contributed by atoms with van der Waals surface area (Å²) in [4.78, 5) is 12.4. The third-order valence-corrected chi connectivity index (χ3v) is 7.54. The van der Waals surface area contributed by atoms with Gasteiger partial charge < -0.3 is 10.1 Å². The molecule has 9 heteroatoms. The van der Waals surface area contributed by atoms with Crippen LogP contribution < -0.4 is 10.1 Å². The molecule has 0 aromatic heterocycles. The van der Waals surface area contributed by atoms with Crippen LogP contribution in [-0.4, -0.2) is 44.9 Å². The molecule has 1 fully saturated rings. The fourth-order valence-corrected chi connectivity index (χ4v) is 5.47. The summed E-state index contributed by atoms with van der Waals surface area (Å²) in [5, 5.41) is 3.51. The molecule has 1 amide bonds. The molecule has 0 radical (unpaired) electrons. The zero-order valence-corrected chi connectivity index (χ0v) is 19.5. The van der Waals surface area contributed by atoms with E-state index in [2.05, 4.69) is 21.2 Å². The monoisotopic (exact) mass is 514 g/mol. The molecule has 0 atom stereocenters. The van der Waals surface area contributed by atoms with Crippen molar-refractivity contribution >= 4 is 43.5 Å². The SMILES string of the molecule is O=C(NCCOc1ccc(Cl)cc1)C1CCN(S(=O)(=O)Cc2cccc(Br)c2)CC1. The number of halogens is 2. The van der Waals surface area contributed by atoms with Crippen LogP contribution in [0.1, 0.15) is 18.4 Å². The molecule has 1 N–H and O–H groups in total. The van der Waals surface area contributed by atoms with E-state index in [1.54, 1.807) is 30.3 Å². The zero-order chi connectivity index (χ0) is 21.6. The lowest BCUT2D eigenvalue weighted by Crippen LogP contribution is -2.43. The van der Waals surface area contributed by atoms with E-state index in [4.69, 9.17) is 16.3 Å². The third-order valence-electron chi connectivity index (χ3n) is 4.94. The van der Waals surface area contributed by atoms with Gasteiger partial charge in [0, 0.05) is 28.5 Å². The Morgan fingerprint density at radius 1 is 1.17 bits per heavy atom. The molecule has 2 aromatic rings. The number of carbonyl (C=O) groups is 1. The number of benzene rings is 2. The topological polar surface area (TPSA) is 75.7 Å².